The van der Waals surface area contributed by atoms with Gasteiger partial charge in [-0.25, -0.2) is 8.42 Å². The van der Waals surface area contributed by atoms with Gasteiger partial charge in [0.15, 0.2) is 0 Å². The summed E-state index contributed by atoms with van der Waals surface area (Å²) in [6.07, 6.45) is 0. The number of benzene rings is 2. The molecule has 0 aliphatic carbocycles. The van der Waals surface area contributed by atoms with Gasteiger partial charge in [0.1, 0.15) is 4.90 Å². The topological polar surface area (TPSA) is 66.9 Å². The summed E-state index contributed by atoms with van der Waals surface area (Å²) in [5.74, 6) is -0.353. The number of rotatable bonds is 6. The molecule has 1 heterocycles. The molecule has 2 aromatic carbocycles. The zero-order valence-corrected chi connectivity index (χ0v) is 19.2. The molecular weight excluding hydrogens is 447 g/mol. The van der Waals surface area contributed by atoms with Crippen molar-refractivity contribution in [2.75, 3.05) is 26.3 Å². The molecule has 9 heteroatoms. The second-order valence-corrected chi connectivity index (χ2v) is 10.0. The average molecular weight is 471 g/mol. The van der Waals surface area contributed by atoms with Gasteiger partial charge in [-0.05, 0) is 31.5 Å². The van der Waals surface area contributed by atoms with Gasteiger partial charge in [-0.1, -0.05) is 53.5 Å². The molecule has 0 unspecified atom stereocenters. The van der Waals surface area contributed by atoms with Crippen LogP contribution in [-0.2, 0) is 21.3 Å². The maximum Gasteiger partial charge on any atom is 0.255 e. The Hall–Kier alpha value is -1.64. The predicted molar refractivity (Wildman–Crippen MR) is 117 cm³/mol. The van der Waals surface area contributed by atoms with E-state index >= 15 is 0 Å². The molecule has 30 heavy (non-hydrogen) atoms. The van der Waals surface area contributed by atoms with E-state index in [1.54, 1.807) is 4.90 Å². The molecular formula is C21H24Cl2N2O4S. The number of hydrogen-bond donors (Lipinski definition) is 0. The van der Waals surface area contributed by atoms with Crippen molar-refractivity contribution < 1.29 is 17.9 Å². The number of morpholine rings is 1. The molecule has 1 saturated heterocycles. The Bertz CT molecular complexity index is 1010. The highest BCUT2D eigenvalue weighted by Crippen LogP contribution is 2.32. The maximum absolute atomic E-state index is 13.3. The van der Waals surface area contributed by atoms with Crippen LogP contribution in [-0.4, -0.2) is 55.9 Å². The number of carbonyl (C=O) groups is 1. The molecule has 2 aromatic rings. The average Bonchev–Trinajstić information content (AvgIpc) is 2.72. The molecule has 1 aliphatic rings. The first-order valence-electron chi connectivity index (χ1n) is 9.63. The number of halogens is 2. The van der Waals surface area contributed by atoms with Gasteiger partial charge >= 0.3 is 0 Å². The first-order chi connectivity index (χ1) is 14.2. The van der Waals surface area contributed by atoms with E-state index < -0.39 is 10.0 Å². The lowest BCUT2D eigenvalue weighted by molar-refractivity contribution is 0.0689. The molecule has 1 amide bonds. The zero-order valence-electron chi connectivity index (χ0n) is 16.8. The van der Waals surface area contributed by atoms with Gasteiger partial charge in [0.05, 0.1) is 28.8 Å². The van der Waals surface area contributed by atoms with Gasteiger partial charge < -0.3 is 9.64 Å². The first kappa shape index (κ1) is 23.0. The number of ether oxygens (including phenoxy) is 1. The summed E-state index contributed by atoms with van der Waals surface area (Å²) in [7, 11) is -3.88. The quantitative estimate of drug-likeness (QED) is 0.637. The largest absolute Gasteiger partial charge is 0.379 e. The Balaban J connectivity index is 1.98. The summed E-state index contributed by atoms with van der Waals surface area (Å²) in [5, 5.41) is 0.104. The number of nitrogens with zero attached hydrogens (tertiary/aromatic N) is 2. The number of sulfonamides is 1. The number of carbonyl (C=O) groups excluding carboxylic acids is 1. The molecule has 0 spiro atoms. The van der Waals surface area contributed by atoms with Crippen LogP contribution in [0.3, 0.4) is 0 Å². The molecule has 0 N–H and O–H groups in total. The van der Waals surface area contributed by atoms with Crippen LogP contribution >= 0.6 is 23.2 Å². The van der Waals surface area contributed by atoms with Crippen LogP contribution in [0.1, 0.15) is 29.8 Å². The van der Waals surface area contributed by atoms with Gasteiger partial charge in [-0.15, -0.1) is 0 Å². The smallest absolute Gasteiger partial charge is 0.255 e. The Morgan fingerprint density at radius 1 is 1.10 bits per heavy atom. The van der Waals surface area contributed by atoms with E-state index in [9.17, 15) is 13.2 Å². The first-order valence-corrected chi connectivity index (χ1v) is 11.8. The summed E-state index contributed by atoms with van der Waals surface area (Å²) in [6.45, 7) is 5.27. The van der Waals surface area contributed by atoms with Crippen LogP contribution in [0, 0.1) is 0 Å². The Kier molecular flexibility index (Phi) is 7.42. The fourth-order valence-corrected chi connectivity index (χ4v) is 5.48. The van der Waals surface area contributed by atoms with E-state index in [0.29, 0.717) is 19.8 Å². The van der Waals surface area contributed by atoms with E-state index in [1.165, 1.54) is 16.4 Å². The van der Waals surface area contributed by atoms with Crippen molar-refractivity contribution in [1.82, 2.24) is 9.21 Å². The van der Waals surface area contributed by atoms with Gasteiger partial charge in [0.2, 0.25) is 10.0 Å². The van der Waals surface area contributed by atoms with Crippen LogP contribution < -0.4 is 0 Å². The van der Waals surface area contributed by atoms with Crippen LogP contribution in [0.15, 0.2) is 47.4 Å². The second kappa shape index (κ2) is 9.66. The Morgan fingerprint density at radius 3 is 2.33 bits per heavy atom. The van der Waals surface area contributed by atoms with Crippen molar-refractivity contribution in [2.45, 2.75) is 31.3 Å². The van der Waals surface area contributed by atoms with E-state index in [1.807, 2.05) is 44.2 Å². The van der Waals surface area contributed by atoms with Crippen molar-refractivity contribution in [3.8, 4) is 0 Å². The van der Waals surface area contributed by atoms with Gasteiger partial charge in [-0.3, -0.25) is 4.79 Å². The molecule has 0 saturated carbocycles. The van der Waals surface area contributed by atoms with Crippen molar-refractivity contribution >= 4 is 39.1 Å². The summed E-state index contributed by atoms with van der Waals surface area (Å²) in [6, 6.07) is 12.1. The fraction of sp³-hybridized carbons (Fsp3) is 0.381. The summed E-state index contributed by atoms with van der Waals surface area (Å²) in [5.41, 5.74) is 1.07. The standard InChI is InChI=1S/C21H24Cl2N2O4S/c1-15(2)25(14-16-6-4-3-5-7-16)21(26)17-12-20(19(23)13-18(17)22)30(27,28)24-8-10-29-11-9-24/h3-7,12-13,15H,8-11,14H2,1-2H3. The van der Waals surface area contributed by atoms with Crippen molar-refractivity contribution in [1.29, 1.82) is 0 Å². The summed E-state index contributed by atoms with van der Waals surface area (Å²) >= 11 is 12.6. The van der Waals surface area contributed by atoms with Crippen LogP contribution in [0.5, 0.6) is 0 Å². The third-order valence-corrected chi connectivity index (χ3v) is 7.60. The predicted octanol–water partition coefficient (Wildman–Crippen LogP) is 4.07. The van der Waals surface area contributed by atoms with Crippen molar-refractivity contribution in [3.05, 3.63) is 63.6 Å². The zero-order chi connectivity index (χ0) is 21.9. The highest BCUT2D eigenvalue weighted by Gasteiger charge is 2.31. The summed E-state index contributed by atoms with van der Waals surface area (Å²) in [4.78, 5) is 14.9. The maximum atomic E-state index is 13.3. The number of amides is 1. The Morgan fingerprint density at radius 2 is 1.73 bits per heavy atom. The molecule has 0 bridgehead atoms. The van der Waals surface area contributed by atoms with Crippen molar-refractivity contribution in [3.63, 3.8) is 0 Å². The summed E-state index contributed by atoms with van der Waals surface area (Å²) < 4.78 is 32.8. The lowest BCUT2D eigenvalue weighted by Crippen LogP contribution is -2.41. The monoisotopic (exact) mass is 470 g/mol. The Labute approximate surface area is 187 Å². The molecule has 162 valence electrons. The van der Waals surface area contributed by atoms with E-state index in [0.717, 1.165) is 5.56 Å². The molecule has 0 atom stereocenters. The third-order valence-electron chi connectivity index (χ3n) is 4.92. The molecule has 6 nitrogen and oxygen atoms in total. The molecule has 1 fully saturated rings. The van der Waals surface area contributed by atoms with E-state index in [-0.39, 0.29) is 45.5 Å². The second-order valence-electron chi connectivity index (χ2n) is 7.29. The third kappa shape index (κ3) is 4.98. The van der Waals surface area contributed by atoms with Crippen LogP contribution in [0.2, 0.25) is 10.0 Å². The van der Waals surface area contributed by atoms with Gasteiger partial charge in [0, 0.05) is 25.7 Å². The van der Waals surface area contributed by atoms with E-state index in [2.05, 4.69) is 0 Å². The number of hydrogen-bond acceptors (Lipinski definition) is 4. The minimum atomic E-state index is -3.88. The van der Waals surface area contributed by atoms with E-state index in [4.69, 9.17) is 27.9 Å². The van der Waals surface area contributed by atoms with Gasteiger partial charge in [0.25, 0.3) is 5.91 Å². The van der Waals surface area contributed by atoms with Crippen molar-refractivity contribution in [2.24, 2.45) is 0 Å². The molecule has 3 rings (SSSR count). The lowest BCUT2D eigenvalue weighted by Gasteiger charge is -2.29. The highest BCUT2D eigenvalue weighted by molar-refractivity contribution is 7.89. The van der Waals surface area contributed by atoms with Crippen LogP contribution in [0.4, 0.5) is 0 Å². The van der Waals surface area contributed by atoms with Crippen LogP contribution in [0.25, 0.3) is 0 Å². The lowest BCUT2D eigenvalue weighted by atomic mass is 10.1. The fourth-order valence-electron chi connectivity index (χ4n) is 3.24. The molecule has 1 aliphatic heterocycles. The highest BCUT2D eigenvalue weighted by atomic mass is 35.5. The SMILES string of the molecule is CC(C)N(Cc1ccccc1)C(=O)c1cc(S(=O)(=O)N2CCOCC2)c(Cl)cc1Cl. The normalized spacial score (nSPS) is 15.4. The van der Waals surface area contributed by atoms with Gasteiger partial charge in [-0.2, -0.15) is 4.31 Å². The minimum Gasteiger partial charge on any atom is -0.379 e. The minimum absolute atomic E-state index is 0.0119. The molecule has 0 aromatic heterocycles. The molecule has 0 radical (unpaired) electrons.